The lowest BCUT2D eigenvalue weighted by Gasteiger charge is -2.38. The van der Waals surface area contributed by atoms with Crippen LogP contribution in [0, 0.1) is 19.8 Å². The fraction of sp³-hybridized carbons (Fsp3) is 0.355. The van der Waals surface area contributed by atoms with Crippen molar-refractivity contribution in [1.29, 1.82) is 0 Å². The maximum absolute atomic E-state index is 13.9. The van der Waals surface area contributed by atoms with Crippen LogP contribution in [0.1, 0.15) is 33.0 Å². The van der Waals surface area contributed by atoms with Gasteiger partial charge in [0.2, 0.25) is 5.91 Å². The number of amides is 2. The zero-order valence-electron chi connectivity index (χ0n) is 21.9. The molecule has 2 aliphatic rings. The maximum Gasteiger partial charge on any atom is 0.254 e. The van der Waals surface area contributed by atoms with Crippen molar-refractivity contribution in [2.45, 2.75) is 19.8 Å². The number of benzene rings is 3. The molecule has 3 aromatic carbocycles. The molecule has 2 heterocycles. The van der Waals surface area contributed by atoms with Gasteiger partial charge in [0.1, 0.15) is 5.75 Å². The van der Waals surface area contributed by atoms with Gasteiger partial charge in [-0.25, -0.2) is 0 Å². The number of aryl methyl sites for hydroxylation is 2. The zero-order chi connectivity index (χ0) is 25.9. The van der Waals surface area contributed by atoms with Gasteiger partial charge in [0, 0.05) is 56.4 Å². The molecular formula is C31H35N3O3. The van der Waals surface area contributed by atoms with E-state index < -0.39 is 0 Å². The Hall–Kier alpha value is -3.80. The molecule has 0 spiro atoms. The van der Waals surface area contributed by atoms with E-state index in [1.165, 1.54) is 11.3 Å². The highest BCUT2D eigenvalue weighted by atomic mass is 16.5. The minimum Gasteiger partial charge on any atom is -0.497 e. The van der Waals surface area contributed by atoms with Crippen LogP contribution in [0.25, 0.3) is 0 Å². The number of methoxy groups -OCH3 is 1. The molecule has 2 fully saturated rings. The number of carbonyl (C=O) groups is 2. The number of para-hydroxylation sites is 1. The highest BCUT2D eigenvalue weighted by Gasteiger charge is 2.43. The number of rotatable bonds is 5. The maximum atomic E-state index is 13.9. The SMILES string of the molecule is COc1ccc([C@H]2CN(C(=O)c3ccccc3C)C[C@@H]2C(=O)N2CCN(c3ccccc3C)CC2)cc1. The van der Waals surface area contributed by atoms with E-state index >= 15 is 0 Å². The summed E-state index contributed by atoms with van der Waals surface area (Å²) in [5.74, 6) is 0.596. The van der Waals surface area contributed by atoms with E-state index in [0.717, 1.165) is 30.0 Å². The summed E-state index contributed by atoms with van der Waals surface area (Å²) in [6.45, 7) is 8.03. The van der Waals surface area contributed by atoms with E-state index in [2.05, 4.69) is 36.1 Å². The van der Waals surface area contributed by atoms with Crippen molar-refractivity contribution in [3.05, 3.63) is 95.1 Å². The first-order valence-corrected chi connectivity index (χ1v) is 13.0. The molecule has 2 amide bonds. The molecule has 192 valence electrons. The molecule has 0 radical (unpaired) electrons. The van der Waals surface area contributed by atoms with Gasteiger partial charge in [-0.2, -0.15) is 0 Å². The number of carbonyl (C=O) groups excluding carboxylic acids is 2. The molecular weight excluding hydrogens is 462 g/mol. The lowest BCUT2D eigenvalue weighted by Crippen LogP contribution is -2.51. The summed E-state index contributed by atoms with van der Waals surface area (Å²) < 4.78 is 5.34. The van der Waals surface area contributed by atoms with E-state index in [1.807, 2.05) is 65.3 Å². The highest BCUT2D eigenvalue weighted by Crippen LogP contribution is 2.36. The van der Waals surface area contributed by atoms with E-state index in [9.17, 15) is 9.59 Å². The minimum atomic E-state index is -0.272. The summed E-state index contributed by atoms with van der Waals surface area (Å²) in [5, 5.41) is 0. The van der Waals surface area contributed by atoms with Crippen molar-refractivity contribution >= 4 is 17.5 Å². The molecule has 6 heteroatoms. The smallest absolute Gasteiger partial charge is 0.254 e. The monoisotopic (exact) mass is 497 g/mol. The molecule has 0 unspecified atom stereocenters. The molecule has 0 saturated carbocycles. The average molecular weight is 498 g/mol. The van der Waals surface area contributed by atoms with Gasteiger partial charge in [0.25, 0.3) is 5.91 Å². The molecule has 6 nitrogen and oxygen atoms in total. The van der Waals surface area contributed by atoms with Crippen LogP contribution < -0.4 is 9.64 Å². The molecule has 0 N–H and O–H groups in total. The van der Waals surface area contributed by atoms with Gasteiger partial charge >= 0.3 is 0 Å². The van der Waals surface area contributed by atoms with Crippen molar-refractivity contribution in [2.24, 2.45) is 5.92 Å². The fourth-order valence-corrected chi connectivity index (χ4v) is 5.71. The van der Waals surface area contributed by atoms with Crippen molar-refractivity contribution in [3.63, 3.8) is 0 Å². The predicted octanol–water partition coefficient (Wildman–Crippen LogP) is 4.52. The van der Waals surface area contributed by atoms with Gasteiger partial charge in [-0.15, -0.1) is 0 Å². The molecule has 37 heavy (non-hydrogen) atoms. The van der Waals surface area contributed by atoms with Crippen LogP contribution in [0.3, 0.4) is 0 Å². The Bertz CT molecular complexity index is 1260. The lowest BCUT2D eigenvalue weighted by atomic mass is 9.87. The number of nitrogens with zero attached hydrogens (tertiary/aromatic N) is 3. The second kappa shape index (κ2) is 10.7. The predicted molar refractivity (Wildman–Crippen MR) is 146 cm³/mol. The van der Waals surface area contributed by atoms with Gasteiger partial charge in [0.15, 0.2) is 0 Å². The molecule has 2 saturated heterocycles. The summed E-state index contributed by atoms with van der Waals surface area (Å²) in [5.41, 5.74) is 5.22. The van der Waals surface area contributed by atoms with Gasteiger partial charge < -0.3 is 19.4 Å². The number of hydrogen-bond donors (Lipinski definition) is 0. The van der Waals surface area contributed by atoms with E-state index in [0.29, 0.717) is 31.7 Å². The largest absolute Gasteiger partial charge is 0.497 e. The topological polar surface area (TPSA) is 53.1 Å². The first kappa shape index (κ1) is 24.9. The first-order chi connectivity index (χ1) is 18.0. The van der Waals surface area contributed by atoms with Crippen LogP contribution >= 0.6 is 0 Å². The van der Waals surface area contributed by atoms with Crippen LogP contribution in [0.4, 0.5) is 5.69 Å². The molecule has 2 atom stereocenters. The van der Waals surface area contributed by atoms with Crippen molar-refractivity contribution < 1.29 is 14.3 Å². The van der Waals surface area contributed by atoms with Crippen LogP contribution in [-0.4, -0.2) is 68.0 Å². The normalized spacial score (nSPS) is 19.7. The van der Waals surface area contributed by atoms with Gasteiger partial charge in [-0.05, 0) is 54.8 Å². The summed E-state index contributed by atoms with van der Waals surface area (Å²) in [7, 11) is 1.65. The van der Waals surface area contributed by atoms with Crippen LogP contribution in [-0.2, 0) is 4.79 Å². The summed E-state index contributed by atoms with van der Waals surface area (Å²) in [4.78, 5) is 33.7. The molecule has 2 aliphatic heterocycles. The fourth-order valence-electron chi connectivity index (χ4n) is 5.71. The van der Waals surface area contributed by atoms with Crippen LogP contribution in [0.5, 0.6) is 5.75 Å². The lowest BCUT2D eigenvalue weighted by molar-refractivity contribution is -0.135. The number of ether oxygens (including phenoxy) is 1. The Labute approximate surface area is 219 Å². The summed E-state index contributed by atoms with van der Waals surface area (Å²) in [6, 6.07) is 24.0. The van der Waals surface area contributed by atoms with Gasteiger partial charge in [-0.3, -0.25) is 9.59 Å². The Morgan fingerprint density at radius 3 is 2.05 bits per heavy atom. The quantitative estimate of drug-likeness (QED) is 0.520. The van der Waals surface area contributed by atoms with Crippen molar-refractivity contribution in [1.82, 2.24) is 9.80 Å². The minimum absolute atomic E-state index is 0.00344. The number of likely N-dealkylation sites (tertiary alicyclic amines) is 1. The molecule has 0 bridgehead atoms. The van der Waals surface area contributed by atoms with Gasteiger partial charge in [-0.1, -0.05) is 48.5 Å². The average Bonchev–Trinajstić information content (AvgIpc) is 3.38. The van der Waals surface area contributed by atoms with Crippen LogP contribution in [0.15, 0.2) is 72.8 Å². The van der Waals surface area contributed by atoms with E-state index in [4.69, 9.17) is 4.74 Å². The van der Waals surface area contributed by atoms with Crippen LogP contribution in [0.2, 0.25) is 0 Å². The molecule has 0 aliphatic carbocycles. The molecule has 3 aromatic rings. The molecule has 0 aromatic heterocycles. The number of piperazine rings is 1. The Morgan fingerprint density at radius 2 is 1.41 bits per heavy atom. The first-order valence-electron chi connectivity index (χ1n) is 13.0. The Balaban J connectivity index is 1.35. The Morgan fingerprint density at radius 1 is 0.757 bits per heavy atom. The standard InChI is InChI=1S/C31H35N3O3/c1-22-8-4-6-10-26(22)30(35)34-20-27(24-12-14-25(37-3)15-13-24)28(21-34)31(36)33-18-16-32(17-19-33)29-11-7-5-9-23(29)2/h4-15,27-28H,16-21H2,1-3H3/t27-,28+/m1/s1. The third kappa shape index (κ3) is 5.06. The second-order valence-corrected chi connectivity index (χ2v) is 10.1. The van der Waals surface area contributed by atoms with Crippen molar-refractivity contribution in [2.75, 3.05) is 51.3 Å². The van der Waals surface area contributed by atoms with E-state index in [1.54, 1.807) is 7.11 Å². The highest BCUT2D eigenvalue weighted by molar-refractivity contribution is 5.96. The zero-order valence-corrected chi connectivity index (χ0v) is 21.9. The summed E-state index contributed by atoms with van der Waals surface area (Å²) in [6.07, 6.45) is 0. The second-order valence-electron chi connectivity index (χ2n) is 10.1. The van der Waals surface area contributed by atoms with E-state index in [-0.39, 0.29) is 23.7 Å². The van der Waals surface area contributed by atoms with Crippen molar-refractivity contribution in [3.8, 4) is 5.75 Å². The molecule has 5 rings (SSSR count). The number of anilines is 1. The third-order valence-electron chi connectivity index (χ3n) is 7.89. The van der Waals surface area contributed by atoms with Gasteiger partial charge in [0.05, 0.1) is 13.0 Å². The number of hydrogen-bond acceptors (Lipinski definition) is 4. The Kier molecular flexibility index (Phi) is 7.17. The summed E-state index contributed by atoms with van der Waals surface area (Å²) >= 11 is 0. The third-order valence-corrected chi connectivity index (χ3v) is 7.89.